The molecule has 27 heavy (non-hydrogen) atoms. The molecule has 0 radical (unpaired) electrons. The number of rotatable bonds is 5. The molecule has 0 spiro atoms. The summed E-state index contributed by atoms with van der Waals surface area (Å²) in [7, 11) is 0. The van der Waals surface area contributed by atoms with Crippen LogP contribution in [0.25, 0.3) is 5.52 Å². The second-order valence-corrected chi connectivity index (χ2v) is 6.78. The number of benzene rings is 1. The third-order valence-electron chi connectivity index (χ3n) is 4.36. The van der Waals surface area contributed by atoms with Gasteiger partial charge in [0.25, 0.3) is 11.8 Å². The predicted molar refractivity (Wildman–Crippen MR) is 106 cm³/mol. The van der Waals surface area contributed by atoms with Crippen molar-refractivity contribution in [3.63, 3.8) is 0 Å². The van der Waals surface area contributed by atoms with E-state index >= 15 is 0 Å². The molecule has 2 amide bonds. The Kier molecular flexibility index (Phi) is 5.26. The molecule has 6 nitrogen and oxygen atoms in total. The molecule has 140 valence electrons. The molecule has 0 atom stereocenters. The number of pyridine rings is 1. The summed E-state index contributed by atoms with van der Waals surface area (Å²) in [5.41, 5.74) is 3.68. The van der Waals surface area contributed by atoms with Crippen molar-refractivity contribution in [3.05, 3.63) is 65.2 Å². The highest BCUT2D eigenvalue weighted by atomic mass is 16.2. The molecular formula is C21H24N4O2. The zero-order valence-corrected chi connectivity index (χ0v) is 16.0. The van der Waals surface area contributed by atoms with Gasteiger partial charge in [0, 0.05) is 17.9 Å². The van der Waals surface area contributed by atoms with Crippen molar-refractivity contribution in [2.45, 2.75) is 40.2 Å². The molecule has 0 aliphatic rings. The van der Waals surface area contributed by atoms with Gasteiger partial charge in [0.1, 0.15) is 0 Å². The number of fused-ring (bicyclic) bond motifs is 1. The molecule has 1 aromatic carbocycles. The van der Waals surface area contributed by atoms with E-state index in [1.54, 1.807) is 22.7 Å². The summed E-state index contributed by atoms with van der Waals surface area (Å²) in [5, 5.41) is 5.81. The number of hydrogen-bond acceptors (Lipinski definition) is 3. The lowest BCUT2D eigenvalue weighted by Crippen LogP contribution is -2.31. The van der Waals surface area contributed by atoms with Crippen LogP contribution in [0.5, 0.6) is 0 Å². The molecule has 0 saturated heterocycles. The molecule has 2 heterocycles. The number of amides is 2. The van der Waals surface area contributed by atoms with Crippen molar-refractivity contribution in [1.29, 1.82) is 0 Å². The fourth-order valence-corrected chi connectivity index (χ4v) is 3.07. The van der Waals surface area contributed by atoms with Crippen LogP contribution in [0.4, 0.5) is 5.69 Å². The predicted octanol–water partition coefficient (Wildman–Crippen LogP) is 3.60. The van der Waals surface area contributed by atoms with Gasteiger partial charge in [0.2, 0.25) is 5.82 Å². The maximum absolute atomic E-state index is 13.0. The number of aryl methyl sites for hydroxylation is 2. The normalized spacial score (nSPS) is 11.0. The van der Waals surface area contributed by atoms with Crippen molar-refractivity contribution in [2.24, 2.45) is 0 Å². The summed E-state index contributed by atoms with van der Waals surface area (Å²) in [5.74, 6) is -0.438. The van der Waals surface area contributed by atoms with E-state index in [0.717, 1.165) is 23.2 Å². The first-order valence-electron chi connectivity index (χ1n) is 9.10. The standard InChI is InChI=1S/C21H24N4O2/c1-5-15-10-8-9-14(4)17(15)24-20(26)18-16-11-6-7-12-25(16)19(23-18)21(27)22-13(2)3/h6-13H,5H2,1-4H3,(H,22,27)(H,24,26). The van der Waals surface area contributed by atoms with Gasteiger partial charge in [-0.2, -0.15) is 0 Å². The third kappa shape index (κ3) is 3.69. The smallest absolute Gasteiger partial charge is 0.287 e. The van der Waals surface area contributed by atoms with E-state index in [1.165, 1.54) is 0 Å². The maximum atomic E-state index is 13.0. The highest BCUT2D eigenvalue weighted by Crippen LogP contribution is 2.23. The summed E-state index contributed by atoms with van der Waals surface area (Å²) in [6.07, 6.45) is 2.54. The van der Waals surface area contributed by atoms with Crippen LogP contribution >= 0.6 is 0 Å². The molecule has 2 N–H and O–H groups in total. The summed E-state index contributed by atoms with van der Waals surface area (Å²) in [4.78, 5) is 29.8. The van der Waals surface area contributed by atoms with E-state index in [2.05, 4.69) is 15.6 Å². The van der Waals surface area contributed by atoms with Crippen LogP contribution in [-0.2, 0) is 6.42 Å². The van der Waals surface area contributed by atoms with E-state index in [-0.39, 0.29) is 29.4 Å². The van der Waals surface area contributed by atoms with Crippen molar-refractivity contribution >= 4 is 23.0 Å². The molecule has 3 rings (SSSR count). The third-order valence-corrected chi connectivity index (χ3v) is 4.36. The highest BCUT2D eigenvalue weighted by molar-refractivity contribution is 6.09. The molecule has 0 bridgehead atoms. The maximum Gasteiger partial charge on any atom is 0.287 e. The van der Waals surface area contributed by atoms with Gasteiger partial charge >= 0.3 is 0 Å². The van der Waals surface area contributed by atoms with Gasteiger partial charge in [-0.1, -0.05) is 31.2 Å². The van der Waals surface area contributed by atoms with Crippen molar-refractivity contribution < 1.29 is 9.59 Å². The van der Waals surface area contributed by atoms with Gasteiger partial charge in [0.05, 0.1) is 5.52 Å². The van der Waals surface area contributed by atoms with E-state index in [9.17, 15) is 9.59 Å². The molecule has 0 aliphatic heterocycles. The number of nitrogens with zero attached hydrogens (tertiary/aromatic N) is 2. The first kappa shape index (κ1) is 18.6. The summed E-state index contributed by atoms with van der Waals surface area (Å²) < 4.78 is 1.64. The fourth-order valence-electron chi connectivity index (χ4n) is 3.07. The van der Waals surface area contributed by atoms with Gasteiger partial charge in [-0.3, -0.25) is 14.0 Å². The van der Waals surface area contributed by atoms with Crippen molar-refractivity contribution in [1.82, 2.24) is 14.7 Å². The Morgan fingerprint density at radius 3 is 2.59 bits per heavy atom. The lowest BCUT2D eigenvalue weighted by molar-refractivity contribution is 0.0932. The number of nitrogens with one attached hydrogen (secondary N) is 2. The van der Waals surface area contributed by atoms with Crippen LogP contribution in [0, 0.1) is 6.92 Å². The number of hydrogen-bond donors (Lipinski definition) is 2. The lowest BCUT2D eigenvalue weighted by atomic mass is 10.1. The second-order valence-electron chi connectivity index (χ2n) is 6.78. The quantitative estimate of drug-likeness (QED) is 0.726. The molecule has 3 aromatic rings. The Hall–Kier alpha value is -3.15. The average Bonchev–Trinajstić information content (AvgIpc) is 3.02. The Morgan fingerprint density at radius 1 is 1.11 bits per heavy atom. The van der Waals surface area contributed by atoms with Gasteiger partial charge in [-0.15, -0.1) is 0 Å². The van der Waals surface area contributed by atoms with Gasteiger partial charge in [-0.25, -0.2) is 4.98 Å². The number of carbonyl (C=O) groups is 2. The lowest BCUT2D eigenvalue weighted by Gasteiger charge is -2.12. The molecule has 6 heteroatoms. The Morgan fingerprint density at radius 2 is 1.89 bits per heavy atom. The molecule has 0 fully saturated rings. The first-order valence-corrected chi connectivity index (χ1v) is 9.10. The van der Waals surface area contributed by atoms with E-state index < -0.39 is 0 Å². The monoisotopic (exact) mass is 364 g/mol. The van der Waals surface area contributed by atoms with Crippen LogP contribution in [0.15, 0.2) is 42.6 Å². The topological polar surface area (TPSA) is 75.5 Å². The number of anilines is 1. The van der Waals surface area contributed by atoms with Crippen molar-refractivity contribution in [2.75, 3.05) is 5.32 Å². The molecular weight excluding hydrogens is 340 g/mol. The molecule has 0 saturated carbocycles. The first-order chi connectivity index (χ1) is 12.9. The van der Waals surface area contributed by atoms with Crippen LogP contribution in [0.2, 0.25) is 0 Å². The molecule has 0 aliphatic carbocycles. The zero-order chi connectivity index (χ0) is 19.6. The van der Waals surface area contributed by atoms with Crippen LogP contribution in [0.1, 0.15) is 53.0 Å². The zero-order valence-electron chi connectivity index (χ0n) is 16.0. The van der Waals surface area contributed by atoms with E-state index in [1.807, 2.05) is 52.0 Å². The molecule has 0 unspecified atom stereocenters. The summed E-state index contributed by atoms with van der Waals surface area (Å²) in [6.45, 7) is 7.77. The van der Waals surface area contributed by atoms with Gasteiger partial charge in [-0.05, 0) is 50.5 Å². The Balaban J connectivity index is 2.02. The minimum Gasteiger partial charge on any atom is -0.347 e. The SMILES string of the molecule is CCc1cccc(C)c1NC(=O)c1nc(C(=O)NC(C)C)n2ccccc12. The van der Waals surface area contributed by atoms with Crippen molar-refractivity contribution in [3.8, 4) is 0 Å². The van der Waals surface area contributed by atoms with Crippen LogP contribution in [0.3, 0.4) is 0 Å². The minimum atomic E-state index is -0.328. The van der Waals surface area contributed by atoms with E-state index in [0.29, 0.717) is 5.52 Å². The Labute approximate surface area is 158 Å². The van der Waals surface area contributed by atoms with Gasteiger partial charge < -0.3 is 10.6 Å². The van der Waals surface area contributed by atoms with E-state index in [4.69, 9.17) is 0 Å². The number of imidazole rings is 1. The number of para-hydroxylation sites is 1. The summed E-state index contributed by atoms with van der Waals surface area (Å²) in [6, 6.07) is 11.3. The molecule has 2 aromatic heterocycles. The number of aromatic nitrogens is 2. The number of carbonyl (C=O) groups excluding carboxylic acids is 2. The van der Waals surface area contributed by atoms with Crippen LogP contribution < -0.4 is 10.6 Å². The fraction of sp³-hybridized carbons (Fsp3) is 0.286. The highest BCUT2D eigenvalue weighted by Gasteiger charge is 2.22. The largest absolute Gasteiger partial charge is 0.347 e. The second kappa shape index (κ2) is 7.61. The average molecular weight is 364 g/mol. The van der Waals surface area contributed by atoms with Crippen LogP contribution in [-0.4, -0.2) is 27.2 Å². The minimum absolute atomic E-state index is 0.0232. The summed E-state index contributed by atoms with van der Waals surface area (Å²) >= 11 is 0. The van der Waals surface area contributed by atoms with Gasteiger partial charge in [0.15, 0.2) is 5.69 Å². The Bertz CT molecular complexity index is 1000.